The number of hydrogen-bond acceptors (Lipinski definition) is 0. The highest BCUT2D eigenvalue weighted by Gasteiger charge is 2.41. The van der Waals surface area contributed by atoms with Gasteiger partial charge in [0.1, 0.15) is 0 Å². The van der Waals surface area contributed by atoms with Crippen LogP contribution in [0.5, 0.6) is 0 Å². The number of benzene rings is 12. The third-order valence-electron chi connectivity index (χ3n) is 16.0. The highest BCUT2D eigenvalue weighted by molar-refractivity contribution is 7.20. The van der Waals surface area contributed by atoms with E-state index < -0.39 is 8.07 Å². The summed E-state index contributed by atoms with van der Waals surface area (Å²) in [7, 11) is -2.89. The van der Waals surface area contributed by atoms with E-state index in [0.29, 0.717) is 0 Å². The number of aromatic nitrogens is 3. The summed E-state index contributed by atoms with van der Waals surface area (Å²) in [6, 6.07) is 111. The van der Waals surface area contributed by atoms with Crippen LogP contribution in [0.4, 0.5) is 0 Å². The van der Waals surface area contributed by atoms with Crippen LogP contribution in [0.25, 0.3) is 105 Å². The van der Waals surface area contributed by atoms with Crippen molar-refractivity contribution in [3.8, 4) is 39.3 Å². The van der Waals surface area contributed by atoms with Crippen molar-refractivity contribution >= 4 is 94.2 Å². The minimum absolute atomic E-state index is 1.10. The van der Waals surface area contributed by atoms with Gasteiger partial charge in [0, 0.05) is 43.7 Å². The van der Waals surface area contributed by atoms with Gasteiger partial charge >= 0.3 is 0 Å². The smallest absolute Gasteiger partial charge is 0.179 e. The molecule has 0 aliphatic heterocycles. The maximum Gasteiger partial charge on any atom is 0.179 e. The Morgan fingerprint density at radius 2 is 0.579 bits per heavy atom. The van der Waals surface area contributed by atoms with E-state index in [1.54, 1.807) is 0 Å². The van der Waals surface area contributed by atoms with Crippen molar-refractivity contribution in [3.05, 3.63) is 297 Å². The van der Waals surface area contributed by atoms with Crippen molar-refractivity contribution in [2.24, 2.45) is 0 Å². The Morgan fingerprint density at radius 3 is 1.12 bits per heavy atom. The Labute approximate surface area is 442 Å². The van der Waals surface area contributed by atoms with Crippen molar-refractivity contribution in [2.45, 2.75) is 0 Å². The molecule has 15 aromatic rings. The Hall–Kier alpha value is -9.74. The molecule has 0 saturated carbocycles. The number of nitrogens with zero attached hydrogens (tertiary/aromatic N) is 3. The molecule has 0 fully saturated rings. The van der Waals surface area contributed by atoms with E-state index >= 15 is 0 Å². The van der Waals surface area contributed by atoms with Gasteiger partial charge in [-0.1, -0.05) is 237 Å². The minimum Gasteiger partial charge on any atom is -0.309 e. The van der Waals surface area contributed by atoms with Gasteiger partial charge in [-0.2, -0.15) is 0 Å². The van der Waals surface area contributed by atoms with Crippen LogP contribution in [0.2, 0.25) is 0 Å². The van der Waals surface area contributed by atoms with Gasteiger partial charge in [0.05, 0.1) is 38.8 Å². The highest BCUT2D eigenvalue weighted by Crippen LogP contribution is 2.42. The molecule has 0 aliphatic rings. The van der Waals surface area contributed by atoms with Crippen LogP contribution in [-0.2, 0) is 0 Å². The molecule has 0 amide bonds. The van der Waals surface area contributed by atoms with Crippen molar-refractivity contribution in [2.75, 3.05) is 0 Å². The summed E-state index contributed by atoms with van der Waals surface area (Å²) in [6.07, 6.45) is 0. The summed E-state index contributed by atoms with van der Waals surface area (Å²) >= 11 is 0. The number of fused-ring (bicyclic) bond motifs is 9. The van der Waals surface area contributed by atoms with Crippen LogP contribution in [-0.4, -0.2) is 21.8 Å². The quantitative estimate of drug-likeness (QED) is 0.101. The van der Waals surface area contributed by atoms with E-state index in [1.165, 1.54) is 86.3 Å². The Kier molecular flexibility index (Phi) is 10.2. The zero-order chi connectivity index (χ0) is 50.2. The fourth-order valence-corrected chi connectivity index (χ4v) is 17.5. The van der Waals surface area contributed by atoms with Gasteiger partial charge in [-0.15, -0.1) is 0 Å². The molecule has 0 bridgehead atoms. The largest absolute Gasteiger partial charge is 0.309 e. The zero-order valence-corrected chi connectivity index (χ0v) is 42.6. The lowest BCUT2D eigenvalue weighted by Crippen LogP contribution is -2.74. The molecule has 0 saturated heterocycles. The van der Waals surface area contributed by atoms with E-state index in [-0.39, 0.29) is 0 Å². The van der Waals surface area contributed by atoms with Crippen molar-refractivity contribution in [1.29, 1.82) is 0 Å². The summed E-state index contributed by atoms with van der Waals surface area (Å²) < 4.78 is 7.43. The van der Waals surface area contributed by atoms with Crippen LogP contribution in [0, 0.1) is 0 Å². The number of rotatable bonds is 9. The SMILES string of the molecule is c1ccc(-c2cccc([Si](c3ccccc3)(c3ccccc3)c3ccc(-c4cc(-n5c6ccccc6c6ccccc65)cc(-n5c6ccccc6c6c(-n7c8ccccc8c8ccccc87)cccc65)c4)cc3)c2)cc1. The summed E-state index contributed by atoms with van der Waals surface area (Å²) in [5.41, 5.74) is 15.2. The normalized spacial score (nSPS) is 11.9. The molecule has 4 heteroatoms. The molecule has 356 valence electrons. The Morgan fingerprint density at radius 1 is 0.211 bits per heavy atom. The molecule has 0 radical (unpaired) electrons. The molecule has 3 heterocycles. The van der Waals surface area contributed by atoms with E-state index in [1.807, 2.05) is 0 Å². The second-order valence-corrected chi connectivity index (χ2v) is 23.8. The van der Waals surface area contributed by atoms with Gasteiger partial charge in [-0.3, -0.25) is 0 Å². The van der Waals surface area contributed by atoms with E-state index in [2.05, 4.69) is 311 Å². The molecular formula is C72H49N3Si. The molecule has 3 aromatic heterocycles. The van der Waals surface area contributed by atoms with E-state index in [0.717, 1.165) is 39.2 Å². The maximum absolute atomic E-state index is 2.89. The monoisotopic (exact) mass is 983 g/mol. The summed E-state index contributed by atoms with van der Waals surface area (Å²) in [5.74, 6) is 0. The van der Waals surface area contributed by atoms with Crippen LogP contribution in [0.3, 0.4) is 0 Å². The fourth-order valence-electron chi connectivity index (χ4n) is 12.7. The molecule has 0 unspecified atom stereocenters. The van der Waals surface area contributed by atoms with Gasteiger partial charge < -0.3 is 13.7 Å². The average molecular weight is 984 g/mol. The zero-order valence-electron chi connectivity index (χ0n) is 41.6. The van der Waals surface area contributed by atoms with Crippen LogP contribution < -0.4 is 20.7 Å². The molecular weight excluding hydrogens is 935 g/mol. The molecule has 0 spiro atoms. The summed E-state index contributed by atoms with van der Waals surface area (Å²) in [5, 5.41) is 12.8. The first-order chi connectivity index (χ1) is 37.7. The van der Waals surface area contributed by atoms with Gasteiger partial charge in [-0.05, 0) is 104 Å². The van der Waals surface area contributed by atoms with E-state index in [4.69, 9.17) is 0 Å². The predicted molar refractivity (Wildman–Crippen MR) is 324 cm³/mol. The summed E-state index contributed by atoms with van der Waals surface area (Å²) in [4.78, 5) is 0. The second-order valence-electron chi connectivity index (χ2n) is 20.0. The van der Waals surface area contributed by atoms with Gasteiger partial charge in [0.15, 0.2) is 8.07 Å². The highest BCUT2D eigenvalue weighted by atomic mass is 28.3. The fraction of sp³-hybridized carbons (Fsp3) is 0. The lowest BCUT2D eigenvalue weighted by Gasteiger charge is -2.35. The third kappa shape index (κ3) is 6.74. The maximum atomic E-state index is 2.50. The van der Waals surface area contributed by atoms with Crippen molar-refractivity contribution < 1.29 is 0 Å². The van der Waals surface area contributed by atoms with E-state index in [9.17, 15) is 0 Å². The second kappa shape index (κ2) is 17.7. The first-order valence-electron chi connectivity index (χ1n) is 26.3. The molecule has 15 rings (SSSR count). The lowest BCUT2D eigenvalue weighted by molar-refractivity contribution is 1.13. The first-order valence-corrected chi connectivity index (χ1v) is 28.3. The lowest BCUT2D eigenvalue weighted by atomic mass is 10.0. The third-order valence-corrected chi connectivity index (χ3v) is 20.7. The average Bonchev–Trinajstić information content (AvgIpc) is 4.17. The topological polar surface area (TPSA) is 14.8 Å². The summed E-state index contributed by atoms with van der Waals surface area (Å²) in [6.45, 7) is 0. The molecule has 0 aliphatic carbocycles. The van der Waals surface area contributed by atoms with Gasteiger partial charge in [-0.25, -0.2) is 0 Å². The molecule has 0 atom stereocenters. The molecule has 3 nitrogen and oxygen atoms in total. The molecule has 12 aromatic carbocycles. The number of hydrogen-bond donors (Lipinski definition) is 0. The van der Waals surface area contributed by atoms with Crippen molar-refractivity contribution in [1.82, 2.24) is 13.7 Å². The Balaban J connectivity index is 0.981. The van der Waals surface area contributed by atoms with Crippen molar-refractivity contribution in [3.63, 3.8) is 0 Å². The molecule has 76 heavy (non-hydrogen) atoms. The molecule has 0 N–H and O–H groups in total. The predicted octanol–water partition coefficient (Wildman–Crippen LogP) is 15.7. The Bertz CT molecular complexity index is 4530. The standard InChI is InChI=1S/C72H49N3Si/c1-4-22-50(23-5-1)52-24-20-29-59(48-52)76(56-25-6-2-7-26-56,57-27-8-3-9-28-57)58-44-42-51(43-45-58)53-46-54(73-65-35-15-10-30-60(65)61-31-11-16-36-66(61)73)49-55(47-53)74-69-39-19-14-34-64(69)72-70(74)40-21-41-71(72)75-67-37-17-12-32-62(67)63-33-13-18-38-68(63)75/h1-49H. The minimum atomic E-state index is -2.89. The van der Waals surface area contributed by atoms with Gasteiger partial charge in [0.2, 0.25) is 0 Å². The first kappa shape index (κ1) is 43.8. The number of para-hydroxylation sites is 5. The van der Waals surface area contributed by atoms with Crippen LogP contribution in [0.1, 0.15) is 0 Å². The van der Waals surface area contributed by atoms with Crippen LogP contribution >= 0.6 is 0 Å². The van der Waals surface area contributed by atoms with Gasteiger partial charge in [0.25, 0.3) is 0 Å². The van der Waals surface area contributed by atoms with Crippen LogP contribution in [0.15, 0.2) is 297 Å².